The first-order valence-corrected chi connectivity index (χ1v) is 8.93. The zero-order chi connectivity index (χ0) is 21.5. The summed E-state index contributed by atoms with van der Waals surface area (Å²) in [6.07, 6.45) is 1.31. The van der Waals surface area contributed by atoms with Gasteiger partial charge in [0, 0.05) is 23.3 Å². The number of ether oxygens (including phenoxy) is 1. The highest BCUT2D eigenvalue weighted by molar-refractivity contribution is 5.95. The Bertz CT molecular complexity index is 1100. The number of esters is 1. The maximum absolute atomic E-state index is 12.1. The van der Waals surface area contributed by atoms with Crippen molar-refractivity contribution in [1.82, 2.24) is 5.43 Å². The van der Waals surface area contributed by atoms with Gasteiger partial charge in [0.05, 0.1) is 23.3 Å². The number of nitrogens with zero attached hydrogens (tertiary/aromatic N) is 2. The van der Waals surface area contributed by atoms with Crippen molar-refractivity contribution in [2.24, 2.45) is 5.10 Å². The van der Waals surface area contributed by atoms with Crippen LogP contribution in [0.15, 0.2) is 70.2 Å². The Labute approximate surface area is 171 Å². The van der Waals surface area contributed by atoms with Crippen LogP contribution in [0.1, 0.15) is 33.4 Å². The Morgan fingerprint density at radius 3 is 2.60 bits per heavy atom. The van der Waals surface area contributed by atoms with Crippen LogP contribution in [0.3, 0.4) is 0 Å². The minimum absolute atomic E-state index is 0.114. The van der Waals surface area contributed by atoms with E-state index in [0.29, 0.717) is 23.7 Å². The standard InChI is InChI=1S/C21H17N3O6/c1-2-29-21(26)15-8-6-14(7-9-15)19-11-10-18(30-19)13-22-23-20(25)16-4-3-5-17(12-16)24(27)28/h3-13H,2H2,1H3,(H,23,25)/b22-13+. The molecule has 0 saturated carbocycles. The highest BCUT2D eigenvalue weighted by atomic mass is 16.6. The van der Waals surface area contributed by atoms with Gasteiger partial charge in [-0.15, -0.1) is 0 Å². The number of hydrogen-bond donors (Lipinski definition) is 1. The van der Waals surface area contributed by atoms with E-state index >= 15 is 0 Å². The molecular formula is C21H17N3O6. The number of carbonyl (C=O) groups excluding carboxylic acids is 2. The third-order valence-corrected chi connectivity index (χ3v) is 3.98. The van der Waals surface area contributed by atoms with Crippen LogP contribution in [0.2, 0.25) is 0 Å². The molecule has 2 aromatic carbocycles. The van der Waals surface area contributed by atoms with Crippen molar-refractivity contribution in [1.29, 1.82) is 0 Å². The zero-order valence-electron chi connectivity index (χ0n) is 15.9. The fraction of sp³-hybridized carbons (Fsp3) is 0.0952. The molecule has 0 aliphatic rings. The molecule has 9 nitrogen and oxygen atoms in total. The lowest BCUT2D eigenvalue weighted by atomic mass is 10.1. The van der Waals surface area contributed by atoms with Crippen molar-refractivity contribution in [2.45, 2.75) is 6.92 Å². The van der Waals surface area contributed by atoms with E-state index in [9.17, 15) is 19.7 Å². The molecule has 152 valence electrons. The third-order valence-electron chi connectivity index (χ3n) is 3.98. The Balaban J connectivity index is 1.63. The number of hydrazone groups is 1. The lowest BCUT2D eigenvalue weighted by molar-refractivity contribution is -0.384. The molecule has 0 unspecified atom stereocenters. The van der Waals surface area contributed by atoms with Crippen LogP contribution in [0, 0.1) is 10.1 Å². The molecule has 1 aromatic heterocycles. The van der Waals surface area contributed by atoms with Crippen molar-refractivity contribution in [2.75, 3.05) is 6.61 Å². The second-order valence-corrected chi connectivity index (χ2v) is 6.01. The zero-order valence-corrected chi connectivity index (χ0v) is 15.9. The van der Waals surface area contributed by atoms with Crippen molar-refractivity contribution in [3.05, 3.63) is 87.7 Å². The molecular weight excluding hydrogens is 390 g/mol. The fourth-order valence-electron chi connectivity index (χ4n) is 2.54. The second-order valence-electron chi connectivity index (χ2n) is 6.01. The van der Waals surface area contributed by atoms with Gasteiger partial charge in [-0.2, -0.15) is 5.10 Å². The topological polar surface area (TPSA) is 124 Å². The molecule has 0 aliphatic heterocycles. The molecule has 0 saturated heterocycles. The largest absolute Gasteiger partial charge is 0.462 e. The number of amides is 1. The molecule has 3 rings (SSSR count). The summed E-state index contributed by atoms with van der Waals surface area (Å²) in [5.41, 5.74) is 3.42. The van der Waals surface area contributed by atoms with E-state index in [4.69, 9.17) is 9.15 Å². The molecule has 30 heavy (non-hydrogen) atoms. The monoisotopic (exact) mass is 407 g/mol. The van der Waals surface area contributed by atoms with E-state index in [1.165, 1.54) is 24.4 Å². The first-order valence-electron chi connectivity index (χ1n) is 8.93. The van der Waals surface area contributed by atoms with Crippen LogP contribution >= 0.6 is 0 Å². The van der Waals surface area contributed by atoms with Crippen molar-refractivity contribution >= 4 is 23.8 Å². The van der Waals surface area contributed by atoms with Gasteiger partial charge < -0.3 is 9.15 Å². The first kappa shape index (κ1) is 20.5. The van der Waals surface area contributed by atoms with Crippen LogP contribution in [0.5, 0.6) is 0 Å². The number of non-ortho nitro benzene ring substituents is 1. The van der Waals surface area contributed by atoms with Gasteiger partial charge in [-0.05, 0) is 37.3 Å². The molecule has 1 heterocycles. The molecule has 1 amide bonds. The Morgan fingerprint density at radius 1 is 1.13 bits per heavy atom. The van der Waals surface area contributed by atoms with Gasteiger partial charge in [0.2, 0.25) is 0 Å². The van der Waals surface area contributed by atoms with Gasteiger partial charge in [0.15, 0.2) is 0 Å². The molecule has 0 bridgehead atoms. The number of benzene rings is 2. The predicted molar refractivity (Wildman–Crippen MR) is 108 cm³/mol. The molecule has 0 fully saturated rings. The fourth-order valence-corrected chi connectivity index (χ4v) is 2.54. The molecule has 0 aliphatic carbocycles. The van der Waals surface area contributed by atoms with E-state index in [1.807, 2.05) is 0 Å². The average molecular weight is 407 g/mol. The van der Waals surface area contributed by atoms with Crippen molar-refractivity contribution in [3.8, 4) is 11.3 Å². The summed E-state index contributed by atoms with van der Waals surface area (Å²) < 4.78 is 10.6. The Morgan fingerprint density at radius 2 is 1.90 bits per heavy atom. The molecule has 3 aromatic rings. The van der Waals surface area contributed by atoms with Gasteiger partial charge >= 0.3 is 5.97 Å². The van der Waals surface area contributed by atoms with E-state index in [-0.39, 0.29) is 11.3 Å². The van der Waals surface area contributed by atoms with Crippen LogP contribution in [0.4, 0.5) is 5.69 Å². The van der Waals surface area contributed by atoms with Gasteiger partial charge in [-0.3, -0.25) is 14.9 Å². The predicted octanol–water partition coefficient (Wildman–Crippen LogP) is 3.80. The van der Waals surface area contributed by atoms with Crippen LogP contribution in [-0.4, -0.2) is 29.6 Å². The molecule has 9 heteroatoms. The third kappa shape index (κ3) is 4.96. The van der Waals surface area contributed by atoms with Gasteiger partial charge in [-0.1, -0.05) is 18.2 Å². The Kier molecular flexibility index (Phi) is 6.33. The second kappa shape index (κ2) is 9.28. The number of carbonyl (C=O) groups is 2. The number of nitrogens with one attached hydrogen (secondary N) is 1. The van der Waals surface area contributed by atoms with Gasteiger partial charge in [-0.25, -0.2) is 10.2 Å². The van der Waals surface area contributed by atoms with E-state index < -0.39 is 16.8 Å². The SMILES string of the molecule is CCOC(=O)c1ccc(-c2ccc(/C=N/NC(=O)c3cccc([N+](=O)[O-])c3)o2)cc1. The highest BCUT2D eigenvalue weighted by Crippen LogP contribution is 2.22. The van der Waals surface area contributed by atoms with Crippen LogP contribution < -0.4 is 5.43 Å². The maximum atomic E-state index is 12.1. The quantitative estimate of drug-likeness (QED) is 0.275. The smallest absolute Gasteiger partial charge is 0.338 e. The van der Waals surface area contributed by atoms with Crippen molar-refractivity contribution < 1.29 is 23.7 Å². The summed E-state index contributed by atoms with van der Waals surface area (Å²) in [4.78, 5) is 34.0. The van der Waals surface area contributed by atoms with Crippen molar-refractivity contribution in [3.63, 3.8) is 0 Å². The average Bonchev–Trinajstić information content (AvgIpc) is 3.23. The number of nitro groups is 1. The first-order chi connectivity index (χ1) is 14.5. The normalized spacial score (nSPS) is 10.7. The van der Waals surface area contributed by atoms with Crippen LogP contribution in [0.25, 0.3) is 11.3 Å². The summed E-state index contributed by atoms with van der Waals surface area (Å²) in [7, 11) is 0. The number of furan rings is 1. The number of rotatable bonds is 7. The van der Waals surface area contributed by atoms with E-state index in [2.05, 4.69) is 10.5 Å². The summed E-state index contributed by atoms with van der Waals surface area (Å²) in [5.74, 6) is -0.0391. The number of nitro benzene ring substituents is 1. The number of hydrogen-bond acceptors (Lipinski definition) is 7. The summed E-state index contributed by atoms with van der Waals surface area (Å²) in [6.45, 7) is 2.05. The lowest BCUT2D eigenvalue weighted by Gasteiger charge is -2.02. The minimum Gasteiger partial charge on any atom is -0.462 e. The lowest BCUT2D eigenvalue weighted by Crippen LogP contribution is -2.17. The summed E-state index contributed by atoms with van der Waals surface area (Å²) >= 11 is 0. The molecule has 0 atom stereocenters. The molecule has 1 N–H and O–H groups in total. The van der Waals surface area contributed by atoms with Gasteiger partial charge in [0.1, 0.15) is 11.5 Å². The Hall–Kier alpha value is -4.27. The van der Waals surface area contributed by atoms with Gasteiger partial charge in [0.25, 0.3) is 11.6 Å². The maximum Gasteiger partial charge on any atom is 0.338 e. The summed E-state index contributed by atoms with van der Waals surface area (Å²) in [6, 6.07) is 15.5. The molecule has 0 radical (unpaired) electrons. The van der Waals surface area contributed by atoms with E-state index in [0.717, 1.165) is 11.6 Å². The highest BCUT2D eigenvalue weighted by Gasteiger charge is 2.11. The minimum atomic E-state index is -0.587. The van der Waals surface area contributed by atoms with Crippen LogP contribution in [-0.2, 0) is 4.74 Å². The molecule has 0 spiro atoms. The van der Waals surface area contributed by atoms with E-state index in [1.54, 1.807) is 43.3 Å². The summed E-state index contributed by atoms with van der Waals surface area (Å²) in [5, 5.41) is 14.6.